The van der Waals surface area contributed by atoms with Crippen molar-refractivity contribution in [3.63, 3.8) is 0 Å². The zero-order valence-electron chi connectivity index (χ0n) is 13.9. The zero-order chi connectivity index (χ0) is 17.6. The second kappa shape index (κ2) is 8.40. The molecule has 2 heterocycles. The highest BCUT2D eigenvalue weighted by Gasteiger charge is 2.32. The molecule has 0 spiro atoms. The Bertz CT molecular complexity index is 734. The summed E-state index contributed by atoms with van der Waals surface area (Å²) in [5, 5.41) is 7.08. The van der Waals surface area contributed by atoms with Crippen molar-refractivity contribution in [1.29, 1.82) is 0 Å². The normalized spacial score (nSPS) is 16.3. The van der Waals surface area contributed by atoms with E-state index in [9.17, 15) is 9.59 Å². The summed E-state index contributed by atoms with van der Waals surface area (Å²) in [7, 11) is 0. The lowest BCUT2D eigenvalue weighted by Gasteiger charge is -2.32. The standard InChI is InChI=1S/C18H20N2O3S2/c1-13-18(22)20(15-4-2-3-5-16(15)23-13)10-17(21)19-7-9-25-12-14-6-8-24-11-14/h2-6,8,11,13H,7,9-10,12H2,1H3,(H,19,21). The predicted molar refractivity (Wildman–Crippen MR) is 102 cm³/mol. The van der Waals surface area contributed by atoms with Crippen LogP contribution >= 0.6 is 23.1 Å². The van der Waals surface area contributed by atoms with E-state index in [-0.39, 0.29) is 18.4 Å². The molecule has 0 fully saturated rings. The SMILES string of the molecule is CC1Oc2ccccc2N(CC(=O)NCCSCc2ccsc2)C1=O. The van der Waals surface area contributed by atoms with Crippen LogP contribution in [0.1, 0.15) is 12.5 Å². The average molecular weight is 377 g/mol. The van der Waals surface area contributed by atoms with E-state index in [2.05, 4.69) is 22.1 Å². The summed E-state index contributed by atoms with van der Waals surface area (Å²) in [6.45, 7) is 2.30. The molecule has 1 aromatic heterocycles. The second-order valence-electron chi connectivity index (χ2n) is 5.69. The summed E-state index contributed by atoms with van der Waals surface area (Å²) in [5.74, 6) is 2.07. The third-order valence-electron chi connectivity index (χ3n) is 3.79. The van der Waals surface area contributed by atoms with Gasteiger partial charge in [0.15, 0.2) is 6.10 Å². The topological polar surface area (TPSA) is 58.6 Å². The smallest absolute Gasteiger partial charge is 0.268 e. The van der Waals surface area contributed by atoms with E-state index in [4.69, 9.17) is 4.74 Å². The van der Waals surface area contributed by atoms with E-state index < -0.39 is 6.10 Å². The van der Waals surface area contributed by atoms with Crippen LogP contribution in [0.4, 0.5) is 5.69 Å². The van der Waals surface area contributed by atoms with Crippen molar-refractivity contribution in [2.75, 3.05) is 23.7 Å². The fourth-order valence-corrected chi connectivity index (χ4v) is 4.13. The van der Waals surface area contributed by atoms with Crippen LogP contribution in [0, 0.1) is 0 Å². The Labute approximate surface area is 155 Å². The highest BCUT2D eigenvalue weighted by molar-refractivity contribution is 7.98. The number of amides is 2. The number of nitrogens with zero attached hydrogens (tertiary/aromatic N) is 1. The highest BCUT2D eigenvalue weighted by atomic mass is 32.2. The molecule has 1 aliphatic heterocycles. The van der Waals surface area contributed by atoms with E-state index in [1.165, 1.54) is 10.5 Å². The van der Waals surface area contributed by atoms with E-state index in [1.807, 2.05) is 18.2 Å². The van der Waals surface area contributed by atoms with Crippen molar-refractivity contribution in [3.8, 4) is 5.75 Å². The third kappa shape index (κ3) is 4.55. The lowest BCUT2D eigenvalue weighted by Crippen LogP contribution is -2.49. The number of ether oxygens (including phenoxy) is 1. The Balaban J connectivity index is 1.48. The molecule has 5 nitrogen and oxygen atoms in total. The van der Waals surface area contributed by atoms with E-state index in [0.29, 0.717) is 18.0 Å². The van der Waals surface area contributed by atoms with E-state index in [0.717, 1.165) is 11.5 Å². The van der Waals surface area contributed by atoms with Crippen molar-refractivity contribution < 1.29 is 14.3 Å². The number of thiophene rings is 1. The molecule has 0 saturated carbocycles. The van der Waals surface area contributed by atoms with Gasteiger partial charge in [-0.2, -0.15) is 23.1 Å². The Morgan fingerprint density at radius 2 is 2.20 bits per heavy atom. The fraction of sp³-hybridized carbons (Fsp3) is 0.333. The van der Waals surface area contributed by atoms with Crippen molar-refractivity contribution in [3.05, 3.63) is 46.7 Å². The number of anilines is 1. The number of benzene rings is 1. The van der Waals surface area contributed by atoms with Crippen molar-refractivity contribution in [2.24, 2.45) is 0 Å². The number of carbonyl (C=O) groups is 2. The first-order valence-corrected chi connectivity index (χ1v) is 10.2. The molecular weight excluding hydrogens is 356 g/mol. The van der Waals surface area contributed by atoms with Gasteiger partial charge in [0.2, 0.25) is 5.91 Å². The molecule has 7 heteroatoms. The molecule has 3 rings (SSSR count). The van der Waals surface area contributed by atoms with Crippen LogP contribution in [0.3, 0.4) is 0 Å². The molecular formula is C18H20N2O3S2. The summed E-state index contributed by atoms with van der Waals surface area (Å²) in [5.41, 5.74) is 1.96. The van der Waals surface area contributed by atoms with Gasteiger partial charge < -0.3 is 10.1 Å². The van der Waals surface area contributed by atoms with Gasteiger partial charge in [0.25, 0.3) is 5.91 Å². The largest absolute Gasteiger partial charge is 0.479 e. The first-order chi connectivity index (χ1) is 12.1. The maximum absolute atomic E-state index is 12.3. The molecule has 0 saturated heterocycles. The van der Waals surface area contributed by atoms with Gasteiger partial charge in [0, 0.05) is 18.1 Å². The number of thioether (sulfide) groups is 1. The van der Waals surface area contributed by atoms with Gasteiger partial charge >= 0.3 is 0 Å². The molecule has 2 aromatic rings. The summed E-state index contributed by atoms with van der Waals surface area (Å²) < 4.78 is 5.58. The average Bonchev–Trinajstić information content (AvgIpc) is 3.12. The van der Waals surface area contributed by atoms with Crippen molar-refractivity contribution in [2.45, 2.75) is 18.8 Å². The van der Waals surface area contributed by atoms with Crippen LogP contribution in [0.15, 0.2) is 41.1 Å². The molecule has 0 aliphatic carbocycles. The first kappa shape index (κ1) is 17.8. The molecule has 1 unspecified atom stereocenters. The van der Waals surface area contributed by atoms with Gasteiger partial charge in [-0.25, -0.2) is 0 Å². The van der Waals surface area contributed by atoms with Gasteiger partial charge in [-0.3, -0.25) is 14.5 Å². The molecule has 1 N–H and O–H groups in total. The number of carbonyl (C=O) groups excluding carboxylic acids is 2. The van der Waals surface area contributed by atoms with Crippen LogP contribution in [0.5, 0.6) is 5.75 Å². The van der Waals surface area contributed by atoms with E-state index >= 15 is 0 Å². The first-order valence-electron chi connectivity index (χ1n) is 8.07. The van der Waals surface area contributed by atoms with Crippen LogP contribution in [-0.2, 0) is 15.3 Å². The number of hydrogen-bond donors (Lipinski definition) is 1. The van der Waals surface area contributed by atoms with Gasteiger partial charge in [0.05, 0.1) is 5.69 Å². The Morgan fingerprint density at radius 3 is 3.00 bits per heavy atom. The second-order valence-corrected chi connectivity index (χ2v) is 7.57. The monoisotopic (exact) mass is 376 g/mol. The minimum atomic E-state index is -0.580. The number of fused-ring (bicyclic) bond motifs is 1. The van der Waals surface area contributed by atoms with Crippen molar-refractivity contribution in [1.82, 2.24) is 5.32 Å². The predicted octanol–water partition coefficient (Wildman–Crippen LogP) is 2.91. The van der Waals surface area contributed by atoms with Crippen LogP contribution in [-0.4, -0.2) is 36.8 Å². The quantitative estimate of drug-likeness (QED) is 0.755. The Kier molecular flexibility index (Phi) is 5.99. The molecule has 2 amide bonds. The lowest BCUT2D eigenvalue weighted by atomic mass is 10.2. The number of rotatable bonds is 7. The molecule has 25 heavy (non-hydrogen) atoms. The van der Waals surface area contributed by atoms with Crippen LogP contribution in [0.2, 0.25) is 0 Å². The summed E-state index contributed by atoms with van der Waals surface area (Å²) in [4.78, 5) is 26.1. The minimum Gasteiger partial charge on any atom is -0.479 e. The molecule has 1 aromatic carbocycles. The zero-order valence-corrected chi connectivity index (χ0v) is 15.6. The number of hydrogen-bond acceptors (Lipinski definition) is 5. The summed E-state index contributed by atoms with van der Waals surface area (Å²) in [6.07, 6.45) is -0.580. The highest BCUT2D eigenvalue weighted by Crippen LogP contribution is 2.33. The molecule has 1 atom stereocenters. The maximum atomic E-state index is 12.3. The fourth-order valence-electron chi connectivity index (χ4n) is 2.55. The van der Waals surface area contributed by atoms with Gasteiger partial charge in [-0.15, -0.1) is 0 Å². The third-order valence-corrected chi connectivity index (χ3v) is 5.56. The summed E-state index contributed by atoms with van der Waals surface area (Å²) in [6, 6.07) is 9.40. The number of nitrogens with one attached hydrogen (secondary N) is 1. The Morgan fingerprint density at radius 1 is 1.36 bits per heavy atom. The number of para-hydroxylation sites is 2. The maximum Gasteiger partial charge on any atom is 0.268 e. The lowest BCUT2D eigenvalue weighted by molar-refractivity contribution is -0.128. The molecule has 0 bridgehead atoms. The molecule has 132 valence electrons. The summed E-state index contributed by atoms with van der Waals surface area (Å²) >= 11 is 3.47. The van der Waals surface area contributed by atoms with Gasteiger partial charge in [0.1, 0.15) is 12.3 Å². The molecule has 0 radical (unpaired) electrons. The Hall–Kier alpha value is -1.99. The molecule has 1 aliphatic rings. The van der Waals surface area contributed by atoms with E-state index in [1.54, 1.807) is 36.1 Å². The van der Waals surface area contributed by atoms with Gasteiger partial charge in [-0.05, 0) is 41.4 Å². The minimum absolute atomic E-state index is 0.0126. The van der Waals surface area contributed by atoms with Gasteiger partial charge in [-0.1, -0.05) is 12.1 Å². The van der Waals surface area contributed by atoms with Crippen molar-refractivity contribution >= 4 is 40.6 Å². The van der Waals surface area contributed by atoms with Crippen LogP contribution in [0.25, 0.3) is 0 Å². The van der Waals surface area contributed by atoms with Crippen LogP contribution < -0.4 is 15.0 Å².